The van der Waals surface area contributed by atoms with Crippen LogP contribution in [0, 0.1) is 12.7 Å². The average molecular weight is 568 g/mol. The lowest BCUT2D eigenvalue weighted by Crippen LogP contribution is -2.20. The molecule has 0 aliphatic carbocycles. The quantitative estimate of drug-likeness (QED) is 0.212. The van der Waals surface area contributed by atoms with E-state index in [2.05, 4.69) is 30.6 Å². The molecule has 0 bridgehead atoms. The van der Waals surface area contributed by atoms with Crippen molar-refractivity contribution in [1.29, 1.82) is 0 Å². The Labute approximate surface area is 246 Å². The number of rotatable bonds is 6. The molecule has 210 valence electrons. The molecule has 7 rings (SSSR count). The molecule has 0 atom stereocenters. The number of hydrogen-bond donors (Lipinski definition) is 3. The van der Waals surface area contributed by atoms with Gasteiger partial charge in [0, 0.05) is 34.9 Å². The van der Waals surface area contributed by atoms with Crippen LogP contribution in [0.25, 0.3) is 33.5 Å². The van der Waals surface area contributed by atoms with Crippen LogP contribution >= 0.6 is 0 Å². The van der Waals surface area contributed by atoms with Gasteiger partial charge >= 0.3 is 0 Å². The van der Waals surface area contributed by atoms with Gasteiger partial charge in [-0.2, -0.15) is 0 Å². The first kappa shape index (κ1) is 26.2. The minimum atomic E-state index is -0.436. The van der Waals surface area contributed by atoms with E-state index in [0.717, 1.165) is 22.4 Å². The molecular formula is C34H26FN7O. The normalized spacial score (nSPS) is 12.4. The number of H-pyrrole nitrogens is 1. The van der Waals surface area contributed by atoms with Gasteiger partial charge in [-0.05, 0) is 66.1 Å². The summed E-state index contributed by atoms with van der Waals surface area (Å²) in [4.78, 5) is 34.3. The Bertz CT molecular complexity index is 2020. The third kappa shape index (κ3) is 5.12. The standard InChI is InChI=1S/C34H26FN7O/c1-20-15-22(18-23(16-20)40-28(43)17-21-7-3-2-4-8-21)24-10-11-27-29(30(24)35)32(39-19-38-27)34-41-31-25(12-14-37-33(31)42-34)26-9-5-6-13-36-26/h2-16,18,38H,17,19H2,1H3,(H,40,43)(H,37,41,42). The summed E-state index contributed by atoms with van der Waals surface area (Å²) in [6.45, 7) is 2.20. The number of carbonyl (C=O) groups is 1. The third-order valence-corrected chi connectivity index (χ3v) is 7.32. The lowest BCUT2D eigenvalue weighted by atomic mass is 9.95. The van der Waals surface area contributed by atoms with E-state index in [1.165, 1.54) is 0 Å². The number of aliphatic imine (C=N–C) groups is 1. The summed E-state index contributed by atoms with van der Waals surface area (Å²) in [7, 11) is 0. The van der Waals surface area contributed by atoms with Gasteiger partial charge in [0.05, 0.1) is 23.2 Å². The molecule has 1 aliphatic heterocycles. The fourth-order valence-electron chi connectivity index (χ4n) is 5.41. The first-order valence-electron chi connectivity index (χ1n) is 13.9. The van der Waals surface area contributed by atoms with Crippen molar-refractivity contribution in [3.05, 3.63) is 126 Å². The molecule has 1 aliphatic rings. The number of nitrogens with one attached hydrogen (secondary N) is 3. The van der Waals surface area contributed by atoms with Crippen LogP contribution in [0.4, 0.5) is 15.8 Å². The number of fused-ring (bicyclic) bond motifs is 2. The number of amides is 1. The zero-order valence-corrected chi connectivity index (χ0v) is 23.2. The largest absolute Gasteiger partial charge is 0.366 e. The molecular weight excluding hydrogens is 541 g/mol. The van der Waals surface area contributed by atoms with Crippen molar-refractivity contribution < 1.29 is 9.18 Å². The Balaban J connectivity index is 1.25. The topological polar surface area (TPSA) is 108 Å². The highest BCUT2D eigenvalue weighted by Gasteiger charge is 2.26. The molecule has 9 heteroatoms. The van der Waals surface area contributed by atoms with Gasteiger partial charge in [0.1, 0.15) is 18.2 Å². The Morgan fingerprint density at radius 1 is 0.930 bits per heavy atom. The van der Waals surface area contributed by atoms with Crippen LogP contribution in [0.2, 0.25) is 0 Å². The number of imidazole rings is 1. The summed E-state index contributed by atoms with van der Waals surface area (Å²) in [5, 5.41) is 6.14. The fourth-order valence-corrected chi connectivity index (χ4v) is 5.41. The molecule has 8 nitrogen and oxygen atoms in total. The monoisotopic (exact) mass is 567 g/mol. The maximum absolute atomic E-state index is 16.5. The number of aryl methyl sites for hydroxylation is 1. The van der Waals surface area contributed by atoms with Gasteiger partial charge in [-0.25, -0.2) is 14.4 Å². The van der Waals surface area contributed by atoms with Crippen LogP contribution in [0.3, 0.4) is 0 Å². The SMILES string of the molecule is Cc1cc(NC(=O)Cc2ccccc2)cc(-c2ccc3c(c2F)C(c2nc4nccc(-c5ccccn5)c4[nH]2)=NCN3)c1. The molecule has 0 unspecified atom stereocenters. The van der Waals surface area contributed by atoms with Crippen molar-refractivity contribution in [3.63, 3.8) is 0 Å². The minimum Gasteiger partial charge on any atom is -0.366 e. The van der Waals surface area contributed by atoms with Gasteiger partial charge in [0.25, 0.3) is 0 Å². The van der Waals surface area contributed by atoms with Crippen LogP contribution in [0.5, 0.6) is 0 Å². The zero-order chi connectivity index (χ0) is 29.3. The van der Waals surface area contributed by atoms with Crippen LogP contribution in [-0.2, 0) is 11.2 Å². The van der Waals surface area contributed by atoms with Crippen molar-refractivity contribution in [1.82, 2.24) is 19.9 Å². The molecule has 3 N–H and O–H groups in total. The fraction of sp³-hybridized carbons (Fsp3) is 0.0882. The smallest absolute Gasteiger partial charge is 0.228 e. The third-order valence-electron chi connectivity index (χ3n) is 7.32. The number of benzene rings is 3. The molecule has 4 heterocycles. The van der Waals surface area contributed by atoms with E-state index >= 15 is 4.39 Å². The van der Waals surface area contributed by atoms with Gasteiger partial charge in [-0.1, -0.05) is 42.5 Å². The number of carbonyl (C=O) groups excluding carboxylic acids is 1. The van der Waals surface area contributed by atoms with Crippen LogP contribution in [0.15, 0.2) is 102 Å². The predicted octanol–water partition coefficient (Wildman–Crippen LogP) is 6.54. The Hall–Kier alpha value is -5.70. The number of pyridine rings is 2. The second-order valence-electron chi connectivity index (χ2n) is 10.3. The number of aromatic amines is 1. The molecule has 0 fully saturated rings. The molecule has 1 amide bonds. The van der Waals surface area contributed by atoms with Crippen LogP contribution < -0.4 is 10.6 Å². The predicted molar refractivity (Wildman–Crippen MR) is 167 cm³/mol. The van der Waals surface area contributed by atoms with Crippen molar-refractivity contribution in [2.45, 2.75) is 13.3 Å². The lowest BCUT2D eigenvalue weighted by Gasteiger charge is -2.20. The molecule has 3 aromatic heterocycles. The second kappa shape index (κ2) is 10.9. The van der Waals surface area contributed by atoms with Crippen molar-refractivity contribution in [2.24, 2.45) is 4.99 Å². The number of nitrogens with zero attached hydrogens (tertiary/aromatic N) is 4. The van der Waals surface area contributed by atoms with Crippen molar-refractivity contribution >= 4 is 34.2 Å². The molecule has 3 aromatic carbocycles. The highest BCUT2D eigenvalue weighted by atomic mass is 19.1. The van der Waals surface area contributed by atoms with Crippen molar-refractivity contribution in [3.8, 4) is 22.4 Å². The van der Waals surface area contributed by atoms with Gasteiger partial charge < -0.3 is 15.6 Å². The van der Waals surface area contributed by atoms with Crippen molar-refractivity contribution in [2.75, 3.05) is 17.3 Å². The van der Waals surface area contributed by atoms with E-state index in [4.69, 9.17) is 4.98 Å². The molecule has 0 spiro atoms. The Morgan fingerprint density at radius 3 is 2.63 bits per heavy atom. The van der Waals surface area contributed by atoms with E-state index in [-0.39, 0.29) is 19.0 Å². The minimum absolute atomic E-state index is 0.143. The molecule has 6 aromatic rings. The van der Waals surface area contributed by atoms with E-state index in [1.807, 2.05) is 79.7 Å². The summed E-state index contributed by atoms with van der Waals surface area (Å²) in [5.41, 5.74) is 7.59. The summed E-state index contributed by atoms with van der Waals surface area (Å²) in [6.07, 6.45) is 3.66. The maximum Gasteiger partial charge on any atom is 0.228 e. The van der Waals surface area contributed by atoms with E-state index in [9.17, 15) is 4.79 Å². The number of anilines is 2. The summed E-state index contributed by atoms with van der Waals surface area (Å²) < 4.78 is 16.5. The van der Waals surface area contributed by atoms with E-state index in [0.29, 0.717) is 50.8 Å². The first-order valence-corrected chi connectivity index (χ1v) is 13.9. The van der Waals surface area contributed by atoms with Gasteiger partial charge in [0.2, 0.25) is 5.91 Å². The zero-order valence-electron chi connectivity index (χ0n) is 23.2. The molecule has 0 saturated heterocycles. The van der Waals surface area contributed by atoms with Gasteiger partial charge in [-0.3, -0.25) is 14.8 Å². The summed E-state index contributed by atoms with van der Waals surface area (Å²) >= 11 is 0. The molecule has 0 saturated carbocycles. The van der Waals surface area contributed by atoms with E-state index < -0.39 is 5.82 Å². The average Bonchev–Trinajstić information content (AvgIpc) is 3.46. The van der Waals surface area contributed by atoms with E-state index in [1.54, 1.807) is 24.5 Å². The number of hydrogen-bond acceptors (Lipinski definition) is 6. The highest BCUT2D eigenvalue weighted by Crippen LogP contribution is 2.35. The molecule has 43 heavy (non-hydrogen) atoms. The first-order chi connectivity index (χ1) is 21.0. The summed E-state index contributed by atoms with van der Waals surface area (Å²) in [5.74, 6) is -0.160. The van der Waals surface area contributed by atoms with Gasteiger partial charge in [-0.15, -0.1) is 0 Å². The summed E-state index contributed by atoms with van der Waals surface area (Å²) in [6, 6.07) is 26.3. The van der Waals surface area contributed by atoms with Crippen LogP contribution in [0.1, 0.15) is 22.5 Å². The number of aromatic nitrogens is 4. The van der Waals surface area contributed by atoms with Gasteiger partial charge in [0.15, 0.2) is 11.5 Å². The molecule has 0 radical (unpaired) electrons. The maximum atomic E-state index is 16.5. The Morgan fingerprint density at radius 2 is 1.79 bits per heavy atom. The number of halogens is 1. The second-order valence-corrected chi connectivity index (χ2v) is 10.3. The van der Waals surface area contributed by atoms with Crippen LogP contribution in [-0.4, -0.2) is 38.2 Å². The Kier molecular flexibility index (Phi) is 6.67. The lowest BCUT2D eigenvalue weighted by molar-refractivity contribution is -0.115. The highest BCUT2D eigenvalue weighted by molar-refractivity contribution is 6.16.